The zero-order chi connectivity index (χ0) is 13.9. The quantitative estimate of drug-likeness (QED) is 0.928. The van der Waals surface area contributed by atoms with Gasteiger partial charge in [0, 0.05) is 30.8 Å². The second kappa shape index (κ2) is 5.54. The molecule has 1 aromatic heterocycles. The Hall–Kier alpha value is -2.01. The van der Waals surface area contributed by atoms with Gasteiger partial charge in [0.25, 0.3) is 0 Å². The number of hydrogen-bond acceptors (Lipinski definition) is 5. The summed E-state index contributed by atoms with van der Waals surface area (Å²) in [6.07, 6.45) is 0. The van der Waals surface area contributed by atoms with E-state index in [0.717, 1.165) is 40.3 Å². The van der Waals surface area contributed by atoms with Gasteiger partial charge < -0.3 is 19.5 Å². The van der Waals surface area contributed by atoms with Crippen molar-refractivity contribution >= 4 is 16.6 Å². The zero-order valence-corrected chi connectivity index (χ0v) is 11.7. The second-order valence-electron chi connectivity index (χ2n) is 4.64. The van der Waals surface area contributed by atoms with Crippen LogP contribution in [-0.4, -0.2) is 31.9 Å². The fourth-order valence-corrected chi connectivity index (χ4v) is 2.38. The summed E-state index contributed by atoms with van der Waals surface area (Å²) in [5.74, 6) is 1.54. The minimum Gasteiger partial charge on any atom is -0.486 e. The number of rotatable bonds is 4. The summed E-state index contributed by atoms with van der Waals surface area (Å²) in [6.45, 7) is 4.57. The maximum atomic E-state index is 5.64. The van der Waals surface area contributed by atoms with Crippen LogP contribution in [0.15, 0.2) is 18.2 Å². The van der Waals surface area contributed by atoms with Crippen LogP contribution in [-0.2, 0) is 11.3 Å². The Balaban J connectivity index is 2.16. The SMILES string of the molecule is CCNc1cc(COC)nc2cc3c(cc12)OCCO3. The van der Waals surface area contributed by atoms with Gasteiger partial charge in [0.05, 0.1) is 17.8 Å². The molecule has 5 nitrogen and oxygen atoms in total. The van der Waals surface area contributed by atoms with Crippen LogP contribution in [0.3, 0.4) is 0 Å². The van der Waals surface area contributed by atoms with Gasteiger partial charge in [0.15, 0.2) is 11.5 Å². The minimum atomic E-state index is 0.489. The van der Waals surface area contributed by atoms with Crippen molar-refractivity contribution in [1.82, 2.24) is 4.98 Å². The van der Waals surface area contributed by atoms with Crippen molar-refractivity contribution in [2.24, 2.45) is 0 Å². The van der Waals surface area contributed by atoms with Gasteiger partial charge in [-0.2, -0.15) is 0 Å². The Morgan fingerprint density at radius 2 is 1.95 bits per heavy atom. The molecule has 0 aliphatic carbocycles. The fourth-order valence-electron chi connectivity index (χ4n) is 2.38. The molecule has 5 heteroatoms. The summed E-state index contributed by atoms with van der Waals surface area (Å²) in [5.41, 5.74) is 2.83. The number of nitrogens with zero attached hydrogens (tertiary/aromatic N) is 1. The summed E-state index contributed by atoms with van der Waals surface area (Å²) < 4.78 is 16.4. The second-order valence-corrected chi connectivity index (χ2v) is 4.64. The molecular formula is C15H18N2O3. The molecule has 0 bridgehead atoms. The highest BCUT2D eigenvalue weighted by Gasteiger charge is 2.15. The van der Waals surface area contributed by atoms with Crippen LogP contribution in [0.5, 0.6) is 11.5 Å². The van der Waals surface area contributed by atoms with Gasteiger partial charge in [0.2, 0.25) is 0 Å². The minimum absolute atomic E-state index is 0.489. The van der Waals surface area contributed by atoms with Gasteiger partial charge in [-0.1, -0.05) is 0 Å². The van der Waals surface area contributed by atoms with Gasteiger partial charge >= 0.3 is 0 Å². The van der Waals surface area contributed by atoms with Gasteiger partial charge in [-0.3, -0.25) is 4.98 Å². The van der Waals surface area contributed by atoms with Crippen molar-refractivity contribution in [2.75, 3.05) is 32.2 Å². The average Bonchev–Trinajstić information content (AvgIpc) is 2.46. The monoisotopic (exact) mass is 274 g/mol. The molecular weight excluding hydrogens is 256 g/mol. The largest absolute Gasteiger partial charge is 0.486 e. The van der Waals surface area contributed by atoms with Crippen LogP contribution >= 0.6 is 0 Å². The molecule has 1 aromatic carbocycles. The van der Waals surface area contributed by atoms with E-state index in [1.807, 2.05) is 18.2 Å². The van der Waals surface area contributed by atoms with E-state index in [9.17, 15) is 0 Å². The zero-order valence-electron chi connectivity index (χ0n) is 11.7. The first-order valence-corrected chi connectivity index (χ1v) is 6.78. The molecule has 1 N–H and O–H groups in total. The number of nitrogens with one attached hydrogen (secondary N) is 1. The van der Waals surface area contributed by atoms with Gasteiger partial charge in [-0.05, 0) is 19.1 Å². The smallest absolute Gasteiger partial charge is 0.163 e. The molecule has 0 amide bonds. The van der Waals surface area contributed by atoms with Gasteiger partial charge in [0.1, 0.15) is 13.2 Å². The van der Waals surface area contributed by atoms with Crippen LogP contribution < -0.4 is 14.8 Å². The van der Waals surface area contributed by atoms with Crippen molar-refractivity contribution in [3.63, 3.8) is 0 Å². The first-order chi connectivity index (χ1) is 9.81. The van der Waals surface area contributed by atoms with Crippen LogP contribution in [0.2, 0.25) is 0 Å². The van der Waals surface area contributed by atoms with Crippen LogP contribution in [0.4, 0.5) is 5.69 Å². The van der Waals surface area contributed by atoms with Crippen LogP contribution in [0, 0.1) is 0 Å². The van der Waals surface area contributed by atoms with E-state index in [-0.39, 0.29) is 0 Å². The molecule has 2 heterocycles. The Kier molecular flexibility index (Phi) is 3.60. The summed E-state index contributed by atoms with van der Waals surface area (Å²) >= 11 is 0. The molecule has 0 unspecified atom stereocenters. The topological polar surface area (TPSA) is 52.6 Å². The lowest BCUT2D eigenvalue weighted by Crippen LogP contribution is -2.15. The third-order valence-electron chi connectivity index (χ3n) is 3.19. The maximum Gasteiger partial charge on any atom is 0.163 e. The molecule has 1 aliphatic heterocycles. The summed E-state index contributed by atoms with van der Waals surface area (Å²) in [4.78, 5) is 4.62. The van der Waals surface area contributed by atoms with E-state index in [1.165, 1.54) is 0 Å². The molecule has 2 aromatic rings. The number of ether oxygens (including phenoxy) is 3. The Morgan fingerprint density at radius 1 is 1.20 bits per heavy atom. The highest BCUT2D eigenvalue weighted by molar-refractivity contribution is 5.94. The van der Waals surface area contributed by atoms with E-state index in [0.29, 0.717) is 19.8 Å². The number of anilines is 1. The third kappa shape index (κ3) is 2.36. The number of benzene rings is 1. The Morgan fingerprint density at radius 3 is 2.65 bits per heavy atom. The number of fused-ring (bicyclic) bond motifs is 2. The van der Waals surface area contributed by atoms with E-state index < -0.39 is 0 Å². The van der Waals surface area contributed by atoms with Crippen LogP contribution in [0.1, 0.15) is 12.6 Å². The lowest BCUT2D eigenvalue weighted by atomic mass is 10.1. The van der Waals surface area contributed by atoms with Gasteiger partial charge in [-0.15, -0.1) is 0 Å². The molecule has 20 heavy (non-hydrogen) atoms. The average molecular weight is 274 g/mol. The fraction of sp³-hybridized carbons (Fsp3) is 0.400. The van der Waals surface area contributed by atoms with Crippen LogP contribution in [0.25, 0.3) is 10.9 Å². The molecule has 3 rings (SSSR count). The summed E-state index contributed by atoms with van der Waals surface area (Å²) in [7, 11) is 1.67. The predicted molar refractivity (Wildman–Crippen MR) is 77.6 cm³/mol. The Labute approximate surface area is 117 Å². The normalized spacial score (nSPS) is 13.5. The first kappa shape index (κ1) is 13.0. The first-order valence-electron chi connectivity index (χ1n) is 6.78. The lowest BCUT2D eigenvalue weighted by molar-refractivity contribution is 0.172. The van der Waals surface area contributed by atoms with Gasteiger partial charge in [-0.25, -0.2) is 0 Å². The summed E-state index contributed by atoms with van der Waals surface area (Å²) in [5, 5.41) is 4.40. The highest BCUT2D eigenvalue weighted by atomic mass is 16.6. The Bertz CT molecular complexity index is 628. The van der Waals surface area contributed by atoms with Crippen molar-refractivity contribution in [3.8, 4) is 11.5 Å². The van der Waals surface area contributed by atoms with Crippen molar-refractivity contribution in [3.05, 3.63) is 23.9 Å². The van der Waals surface area contributed by atoms with E-state index >= 15 is 0 Å². The molecule has 1 aliphatic rings. The highest BCUT2D eigenvalue weighted by Crippen LogP contribution is 2.36. The standard InChI is InChI=1S/C15H18N2O3/c1-3-16-12-6-10(9-18-2)17-13-8-15-14(7-11(12)13)19-4-5-20-15/h6-8H,3-5,9H2,1-2H3,(H,16,17). The van der Waals surface area contributed by atoms with E-state index in [1.54, 1.807) is 7.11 Å². The maximum absolute atomic E-state index is 5.64. The van der Waals surface area contributed by atoms with Crippen molar-refractivity contribution in [2.45, 2.75) is 13.5 Å². The van der Waals surface area contributed by atoms with Crippen molar-refractivity contribution < 1.29 is 14.2 Å². The molecule has 0 saturated carbocycles. The van der Waals surface area contributed by atoms with Crippen molar-refractivity contribution in [1.29, 1.82) is 0 Å². The molecule has 0 atom stereocenters. The number of pyridine rings is 1. The number of aromatic nitrogens is 1. The molecule has 0 spiro atoms. The lowest BCUT2D eigenvalue weighted by Gasteiger charge is -2.20. The van der Waals surface area contributed by atoms with E-state index in [4.69, 9.17) is 14.2 Å². The van der Waals surface area contributed by atoms with E-state index in [2.05, 4.69) is 17.2 Å². The number of hydrogen-bond donors (Lipinski definition) is 1. The molecule has 0 fully saturated rings. The molecule has 0 radical (unpaired) electrons. The number of methoxy groups -OCH3 is 1. The summed E-state index contributed by atoms with van der Waals surface area (Å²) in [6, 6.07) is 5.95. The predicted octanol–water partition coefficient (Wildman–Crippen LogP) is 2.58. The molecule has 106 valence electrons. The molecule has 0 saturated heterocycles. The third-order valence-corrected chi connectivity index (χ3v) is 3.19.